The summed E-state index contributed by atoms with van der Waals surface area (Å²) in [6.45, 7) is 3.93. The molecule has 3 rings (SSSR count). The monoisotopic (exact) mass is 269 g/mol. The van der Waals surface area contributed by atoms with Crippen LogP contribution in [0, 0.1) is 11.8 Å². The van der Waals surface area contributed by atoms with Crippen molar-refractivity contribution in [3.63, 3.8) is 0 Å². The van der Waals surface area contributed by atoms with Crippen LogP contribution >= 0.6 is 0 Å². The highest BCUT2D eigenvalue weighted by Crippen LogP contribution is 2.38. The molecule has 20 heavy (non-hydrogen) atoms. The van der Waals surface area contributed by atoms with Crippen molar-refractivity contribution in [1.29, 1.82) is 0 Å². The van der Waals surface area contributed by atoms with Crippen LogP contribution in [-0.2, 0) is 9.59 Å². The zero-order chi connectivity index (χ0) is 14.4. The number of nitrogens with one attached hydrogen (secondary N) is 1. The van der Waals surface area contributed by atoms with Gasteiger partial charge >= 0.3 is 0 Å². The quantitative estimate of drug-likeness (QED) is 0.793. The van der Waals surface area contributed by atoms with Crippen molar-refractivity contribution >= 4 is 23.2 Å². The summed E-state index contributed by atoms with van der Waals surface area (Å²) < 4.78 is 0. The van der Waals surface area contributed by atoms with Crippen LogP contribution in [-0.4, -0.2) is 17.5 Å². The number of carbonyl (C=O) groups is 3. The van der Waals surface area contributed by atoms with Crippen LogP contribution < -0.4 is 5.32 Å². The number of allylic oxidation sites excluding steroid dienone is 1. The smallest absolute Gasteiger partial charge is 0.233 e. The Hall–Kier alpha value is -2.23. The molecule has 0 fully saturated rings. The first-order chi connectivity index (χ1) is 9.50. The number of benzene rings is 1. The molecule has 0 saturated carbocycles. The predicted octanol–water partition coefficient (Wildman–Crippen LogP) is 1.96. The van der Waals surface area contributed by atoms with Crippen LogP contribution in [0.1, 0.15) is 36.2 Å². The van der Waals surface area contributed by atoms with Gasteiger partial charge in [0.25, 0.3) is 0 Å². The van der Waals surface area contributed by atoms with E-state index in [1.165, 1.54) is 0 Å². The van der Waals surface area contributed by atoms with Crippen LogP contribution in [0.3, 0.4) is 0 Å². The van der Waals surface area contributed by atoms with Gasteiger partial charge in [-0.15, -0.1) is 0 Å². The Morgan fingerprint density at radius 2 is 1.70 bits per heavy atom. The lowest BCUT2D eigenvalue weighted by Crippen LogP contribution is -2.41. The second kappa shape index (κ2) is 4.40. The second-order valence-electron chi connectivity index (χ2n) is 5.60. The Kier molecular flexibility index (Phi) is 2.82. The van der Waals surface area contributed by atoms with Crippen molar-refractivity contribution < 1.29 is 14.4 Å². The van der Waals surface area contributed by atoms with E-state index < -0.39 is 11.6 Å². The van der Waals surface area contributed by atoms with Gasteiger partial charge in [-0.25, -0.2) is 0 Å². The number of fused-ring (bicyclic) bond motifs is 2. The summed E-state index contributed by atoms with van der Waals surface area (Å²) in [5, 5.41) is 2.78. The maximum absolute atomic E-state index is 12.4. The molecule has 1 heterocycles. The molecule has 2 aliphatic rings. The van der Waals surface area contributed by atoms with E-state index in [0.717, 1.165) is 0 Å². The van der Waals surface area contributed by atoms with Crippen molar-refractivity contribution in [2.75, 3.05) is 0 Å². The summed E-state index contributed by atoms with van der Waals surface area (Å²) in [7, 11) is 0. The Bertz CT molecular complexity index is 670. The first-order valence-electron chi connectivity index (χ1n) is 6.73. The minimum atomic E-state index is -0.475. The van der Waals surface area contributed by atoms with Crippen LogP contribution in [0.5, 0.6) is 0 Å². The third-order valence-electron chi connectivity index (χ3n) is 4.01. The van der Waals surface area contributed by atoms with Gasteiger partial charge in [0, 0.05) is 29.0 Å². The van der Waals surface area contributed by atoms with Crippen LogP contribution in [0.15, 0.2) is 29.8 Å². The van der Waals surface area contributed by atoms with Crippen LogP contribution in [0.25, 0.3) is 5.70 Å². The lowest BCUT2D eigenvalue weighted by atomic mass is 9.74. The third-order valence-corrected chi connectivity index (χ3v) is 4.01. The number of hydrogen-bond donors (Lipinski definition) is 1. The largest absolute Gasteiger partial charge is 0.325 e. The number of carbonyl (C=O) groups excluding carboxylic acids is 3. The number of amides is 1. The van der Waals surface area contributed by atoms with Gasteiger partial charge in [-0.2, -0.15) is 0 Å². The van der Waals surface area contributed by atoms with E-state index in [1.54, 1.807) is 24.3 Å². The van der Waals surface area contributed by atoms with E-state index in [2.05, 4.69) is 5.32 Å². The van der Waals surface area contributed by atoms with E-state index >= 15 is 0 Å². The highest BCUT2D eigenvalue weighted by Gasteiger charge is 2.41. The molecule has 0 saturated heterocycles. The molecule has 1 atom stereocenters. The summed E-state index contributed by atoms with van der Waals surface area (Å²) in [5.41, 5.74) is 2.04. The Morgan fingerprint density at radius 3 is 2.35 bits per heavy atom. The molecule has 0 aromatic heterocycles. The lowest BCUT2D eigenvalue weighted by Gasteiger charge is -2.33. The van der Waals surface area contributed by atoms with Gasteiger partial charge in [-0.3, -0.25) is 14.4 Å². The topological polar surface area (TPSA) is 63.2 Å². The Labute approximate surface area is 116 Å². The minimum absolute atomic E-state index is 0.0978. The molecule has 1 aliphatic heterocycles. The average Bonchev–Trinajstić information content (AvgIpc) is 2.43. The minimum Gasteiger partial charge on any atom is -0.325 e. The maximum atomic E-state index is 12.4. The zero-order valence-electron chi connectivity index (χ0n) is 11.4. The molecule has 1 aromatic carbocycles. The zero-order valence-corrected chi connectivity index (χ0v) is 11.4. The Balaban J connectivity index is 2.28. The summed E-state index contributed by atoms with van der Waals surface area (Å²) in [6.07, 6.45) is 0.262. The van der Waals surface area contributed by atoms with Crippen LogP contribution in [0.4, 0.5) is 0 Å². The molecule has 4 heteroatoms. The standard InChI is InChI=1S/C16H15NO3/c1-8(2)11-7-12(18)17-14-9-5-3-4-6-10(9)15(19)16(20)13(11)14/h3-6,8,11H,7H2,1-2H3,(H,17,18). The normalized spacial score (nSPS) is 21.8. The fourth-order valence-corrected chi connectivity index (χ4v) is 2.95. The average molecular weight is 269 g/mol. The van der Waals surface area contributed by atoms with Gasteiger partial charge in [0.05, 0.1) is 5.70 Å². The fourth-order valence-electron chi connectivity index (χ4n) is 2.95. The Morgan fingerprint density at radius 1 is 1.05 bits per heavy atom. The van der Waals surface area contributed by atoms with E-state index in [4.69, 9.17) is 0 Å². The van der Waals surface area contributed by atoms with Gasteiger partial charge in [-0.05, 0) is 5.92 Å². The third kappa shape index (κ3) is 1.72. The summed E-state index contributed by atoms with van der Waals surface area (Å²) in [6, 6.07) is 6.93. The summed E-state index contributed by atoms with van der Waals surface area (Å²) in [4.78, 5) is 36.5. The molecule has 1 aromatic rings. The van der Waals surface area contributed by atoms with E-state index in [0.29, 0.717) is 22.4 Å². The fraction of sp³-hybridized carbons (Fsp3) is 0.312. The molecule has 102 valence electrons. The van der Waals surface area contributed by atoms with Gasteiger partial charge in [-0.1, -0.05) is 38.1 Å². The molecule has 1 unspecified atom stereocenters. The SMILES string of the molecule is CC(C)C1CC(=O)NC2=C1C(=O)C(=O)c1ccccc12. The van der Waals surface area contributed by atoms with Gasteiger partial charge < -0.3 is 5.32 Å². The molecule has 1 aliphatic carbocycles. The highest BCUT2D eigenvalue weighted by atomic mass is 16.2. The lowest BCUT2D eigenvalue weighted by molar-refractivity contribution is -0.121. The first kappa shape index (κ1) is 12.8. The van der Waals surface area contributed by atoms with Crippen molar-refractivity contribution in [2.24, 2.45) is 11.8 Å². The van der Waals surface area contributed by atoms with Gasteiger partial charge in [0.15, 0.2) is 0 Å². The van der Waals surface area contributed by atoms with Gasteiger partial charge in [0.1, 0.15) is 0 Å². The van der Waals surface area contributed by atoms with E-state index in [9.17, 15) is 14.4 Å². The molecule has 1 N–H and O–H groups in total. The molecular formula is C16H15NO3. The maximum Gasteiger partial charge on any atom is 0.233 e. The van der Waals surface area contributed by atoms with E-state index in [-0.39, 0.29) is 24.2 Å². The van der Waals surface area contributed by atoms with Crippen LogP contribution in [0.2, 0.25) is 0 Å². The molecular weight excluding hydrogens is 254 g/mol. The molecule has 0 spiro atoms. The summed E-state index contributed by atoms with van der Waals surface area (Å²) in [5.74, 6) is -1.10. The number of hydrogen-bond acceptors (Lipinski definition) is 3. The number of Topliss-reactive ketones (excluding diaryl/α,β-unsaturated/α-hetero) is 2. The number of rotatable bonds is 1. The van der Waals surface area contributed by atoms with Crippen molar-refractivity contribution in [3.05, 3.63) is 41.0 Å². The molecule has 0 bridgehead atoms. The van der Waals surface area contributed by atoms with Crippen molar-refractivity contribution in [3.8, 4) is 0 Å². The second-order valence-corrected chi connectivity index (χ2v) is 5.60. The van der Waals surface area contributed by atoms with Crippen molar-refractivity contribution in [2.45, 2.75) is 20.3 Å². The van der Waals surface area contributed by atoms with E-state index in [1.807, 2.05) is 13.8 Å². The summed E-state index contributed by atoms with van der Waals surface area (Å²) >= 11 is 0. The number of ketones is 2. The van der Waals surface area contributed by atoms with Crippen molar-refractivity contribution in [1.82, 2.24) is 5.32 Å². The first-order valence-corrected chi connectivity index (χ1v) is 6.73. The molecule has 4 nitrogen and oxygen atoms in total. The highest BCUT2D eigenvalue weighted by molar-refractivity contribution is 6.52. The van der Waals surface area contributed by atoms with Gasteiger partial charge in [0.2, 0.25) is 17.5 Å². The molecule has 0 radical (unpaired) electrons. The predicted molar refractivity (Wildman–Crippen MR) is 73.8 cm³/mol. The molecule has 1 amide bonds.